The van der Waals surface area contributed by atoms with Crippen LogP contribution in [0.1, 0.15) is 117 Å². The summed E-state index contributed by atoms with van der Waals surface area (Å²) in [5.74, 6) is 1.56. The fraction of sp³-hybridized carbons (Fsp3) is 0.677. The molecule has 0 bridgehead atoms. The molecule has 0 aliphatic heterocycles. The third kappa shape index (κ3) is 13.0. The standard InChI is InChI=1S/C31H50N2O2/c1-4-6-7-8-9-10-11-12-13-19-24-34-29-26-32-31(33-30(29)28-22-17-14-18-23-28)35-25-20-15-16-21-27(3)5-2/h14,17-18,22-23,26-27H,4-13,15-16,19-21,24-25H2,1-3H3. The Morgan fingerprint density at radius 1 is 0.714 bits per heavy atom. The predicted octanol–water partition coefficient (Wildman–Crippen LogP) is 9.43. The zero-order valence-corrected chi connectivity index (χ0v) is 22.8. The third-order valence-corrected chi connectivity index (χ3v) is 6.81. The summed E-state index contributed by atoms with van der Waals surface area (Å²) >= 11 is 0. The first-order valence-electron chi connectivity index (χ1n) is 14.4. The molecule has 2 rings (SSSR count). The van der Waals surface area contributed by atoms with Crippen molar-refractivity contribution < 1.29 is 9.47 Å². The molecule has 1 atom stereocenters. The van der Waals surface area contributed by atoms with Gasteiger partial charge in [0.25, 0.3) is 0 Å². The van der Waals surface area contributed by atoms with Crippen LogP contribution in [0.2, 0.25) is 0 Å². The monoisotopic (exact) mass is 482 g/mol. The number of hydrogen-bond acceptors (Lipinski definition) is 4. The minimum atomic E-state index is 0.442. The predicted molar refractivity (Wildman–Crippen MR) is 148 cm³/mol. The zero-order chi connectivity index (χ0) is 25.0. The van der Waals surface area contributed by atoms with Crippen LogP contribution in [-0.4, -0.2) is 23.2 Å². The summed E-state index contributed by atoms with van der Waals surface area (Å²) in [4.78, 5) is 9.15. The largest absolute Gasteiger partial charge is 0.490 e. The van der Waals surface area contributed by atoms with Crippen molar-refractivity contribution in [2.45, 2.75) is 117 Å². The Kier molecular flexibility index (Phi) is 15.9. The maximum Gasteiger partial charge on any atom is 0.317 e. The molecule has 2 aromatic rings. The SMILES string of the molecule is CCCCCCCCCCCCOc1cnc(OCCCCCC(C)CC)nc1-c1ccccc1. The Morgan fingerprint density at radius 2 is 1.31 bits per heavy atom. The summed E-state index contributed by atoms with van der Waals surface area (Å²) in [6.07, 6.45) is 21.0. The third-order valence-electron chi connectivity index (χ3n) is 6.81. The zero-order valence-electron chi connectivity index (χ0n) is 22.8. The number of hydrogen-bond donors (Lipinski definition) is 0. The first kappa shape index (κ1) is 29.1. The Balaban J connectivity index is 1.74. The molecule has 1 aromatic carbocycles. The molecular weight excluding hydrogens is 432 g/mol. The lowest BCUT2D eigenvalue weighted by atomic mass is 10.0. The van der Waals surface area contributed by atoms with Crippen LogP contribution in [0.15, 0.2) is 36.5 Å². The van der Waals surface area contributed by atoms with E-state index in [-0.39, 0.29) is 0 Å². The van der Waals surface area contributed by atoms with Crippen molar-refractivity contribution in [3.63, 3.8) is 0 Å². The van der Waals surface area contributed by atoms with E-state index < -0.39 is 0 Å². The van der Waals surface area contributed by atoms with Gasteiger partial charge in [-0.3, -0.25) is 0 Å². The van der Waals surface area contributed by atoms with Gasteiger partial charge in [-0.2, -0.15) is 9.97 Å². The molecule has 0 spiro atoms. The van der Waals surface area contributed by atoms with Crippen molar-refractivity contribution in [3.8, 4) is 23.0 Å². The highest BCUT2D eigenvalue weighted by atomic mass is 16.5. The van der Waals surface area contributed by atoms with E-state index >= 15 is 0 Å². The average Bonchev–Trinajstić information content (AvgIpc) is 2.90. The Hall–Kier alpha value is -2.10. The van der Waals surface area contributed by atoms with E-state index in [2.05, 4.69) is 37.9 Å². The summed E-state index contributed by atoms with van der Waals surface area (Å²) in [6.45, 7) is 8.23. The molecular formula is C31H50N2O2. The van der Waals surface area contributed by atoms with Crippen molar-refractivity contribution in [1.82, 2.24) is 9.97 Å². The molecule has 0 fully saturated rings. The number of rotatable bonds is 21. The number of aromatic nitrogens is 2. The van der Waals surface area contributed by atoms with Crippen LogP contribution in [0.3, 0.4) is 0 Å². The minimum Gasteiger partial charge on any atom is -0.490 e. The highest BCUT2D eigenvalue weighted by Crippen LogP contribution is 2.29. The Bertz CT molecular complexity index is 766. The molecule has 0 aliphatic rings. The van der Waals surface area contributed by atoms with Gasteiger partial charge in [-0.1, -0.05) is 135 Å². The van der Waals surface area contributed by atoms with Crippen LogP contribution in [-0.2, 0) is 0 Å². The van der Waals surface area contributed by atoms with E-state index in [4.69, 9.17) is 14.5 Å². The van der Waals surface area contributed by atoms with Gasteiger partial charge in [0.15, 0.2) is 5.75 Å². The molecule has 0 aliphatic carbocycles. The van der Waals surface area contributed by atoms with E-state index in [1.54, 1.807) is 6.20 Å². The van der Waals surface area contributed by atoms with Crippen molar-refractivity contribution in [2.75, 3.05) is 13.2 Å². The van der Waals surface area contributed by atoms with Gasteiger partial charge in [-0.05, 0) is 18.8 Å². The van der Waals surface area contributed by atoms with Crippen molar-refractivity contribution >= 4 is 0 Å². The Morgan fingerprint density at radius 3 is 1.97 bits per heavy atom. The summed E-state index contributed by atoms with van der Waals surface area (Å²) in [7, 11) is 0. The smallest absolute Gasteiger partial charge is 0.317 e. The second-order valence-corrected chi connectivity index (χ2v) is 9.97. The fourth-order valence-corrected chi connectivity index (χ4v) is 4.24. The van der Waals surface area contributed by atoms with Crippen molar-refractivity contribution in [2.24, 2.45) is 5.92 Å². The molecule has 0 N–H and O–H groups in total. The molecule has 0 saturated heterocycles. The number of benzene rings is 1. The van der Waals surface area contributed by atoms with Crippen LogP contribution < -0.4 is 9.47 Å². The quantitative estimate of drug-likeness (QED) is 0.166. The molecule has 1 unspecified atom stereocenters. The van der Waals surface area contributed by atoms with E-state index in [1.165, 1.54) is 83.5 Å². The lowest BCUT2D eigenvalue weighted by Crippen LogP contribution is -2.05. The molecule has 0 radical (unpaired) electrons. The van der Waals surface area contributed by atoms with Gasteiger partial charge in [0.2, 0.25) is 0 Å². The topological polar surface area (TPSA) is 44.2 Å². The Labute approximate surface area is 215 Å². The van der Waals surface area contributed by atoms with Gasteiger partial charge in [-0.15, -0.1) is 0 Å². The van der Waals surface area contributed by atoms with Crippen LogP contribution in [0.4, 0.5) is 0 Å². The molecule has 4 heteroatoms. The molecule has 35 heavy (non-hydrogen) atoms. The van der Waals surface area contributed by atoms with E-state index in [0.29, 0.717) is 19.2 Å². The van der Waals surface area contributed by atoms with Gasteiger partial charge >= 0.3 is 6.01 Å². The summed E-state index contributed by atoms with van der Waals surface area (Å²) in [5.41, 5.74) is 1.85. The number of unbranched alkanes of at least 4 members (excludes halogenated alkanes) is 11. The second-order valence-electron chi connectivity index (χ2n) is 9.97. The molecule has 1 aromatic heterocycles. The average molecular weight is 483 g/mol. The van der Waals surface area contributed by atoms with Crippen molar-refractivity contribution in [3.05, 3.63) is 36.5 Å². The van der Waals surface area contributed by atoms with E-state index in [9.17, 15) is 0 Å². The minimum absolute atomic E-state index is 0.442. The lowest BCUT2D eigenvalue weighted by Gasteiger charge is -2.12. The van der Waals surface area contributed by atoms with Crippen LogP contribution in [0.25, 0.3) is 11.3 Å². The van der Waals surface area contributed by atoms with Gasteiger partial charge in [0.1, 0.15) is 5.69 Å². The van der Waals surface area contributed by atoms with Gasteiger partial charge in [0, 0.05) is 5.56 Å². The summed E-state index contributed by atoms with van der Waals surface area (Å²) in [6, 6.07) is 10.6. The van der Waals surface area contributed by atoms with Gasteiger partial charge < -0.3 is 9.47 Å². The van der Waals surface area contributed by atoms with Crippen LogP contribution >= 0.6 is 0 Å². The molecule has 1 heterocycles. The van der Waals surface area contributed by atoms with E-state index in [0.717, 1.165) is 35.8 Å². The van der Waals surface area contributed by atoms with Crippen LogP contribution in [0.5, 0.6) is 11.8 Å². The summed E-state index contributed by atoms with van der Waals surface area (Å²) in [5, 5.41) is 0. The van der Waals surface area contributed by atoms with Crippen molar-refractivity contribution in [1.29, 1.82) is 0 Å². The molecule has 0 saturated carbocycles. The molecule has 4 nitrogen and oxygen atoms in total. The highest BCUT2D eigenvalue weighted by molar-refractivity contribution is 5.65. The summed E-state index contributed by atoms with van der Waals surface area (Å²) < 4.78 is 12.0. The maximum atomic E-state index is 6.13. The fourth-order valence-electron chi connectivity index (χ4n) is 4.24. The maximum absolute atomic E-state index is 6.13. The second kappa shape index (κ2) is 19.1. The number of ether oxygens (including phenoxy) is 2. The van der Waals surface area contributed by atoms with E-state index in [1.807, 2.05) is 18.2 Å². The van der Waals surface area contributed by atoms with Crippen LogP contribution in [0, 0.1) is 5.92 Å². The lowest BCUT2D eigenvalue weighted by molar-refractivity contribution is 0.274. The first-order valence-corrected chi connectivity index (χ1v) is 14.4. The highest BCUT2D eigenvalue weighted by Gasteiger charge is 2.12. The molecule has 0 amide bonds. The van der Waals surface area contributed by atoms with Gasteiger partial charge in [-0.25, -0.2) is 0 Å². The first-order chi connectivity index (χ1) is 17.2. The molecule has 196 valence electrons. The van der Waals surface area contributed by atoms with Gasteiger partial charge in [0.05, 0.1) is 19.4 Å². The normalized spacial score (nSPS) is 12.0. The number of nitrogens with zero attached hydrogens (tertiary/aromatic N) is 2.